The molecule has 0 bridgehead atoms. The number of hydrogen-bond donors (Lipinski definition) is 0. The summed E-state index contributed by atoms with van der Waals surface area (Å²) in [6.45, 7) is 1.91. The first-order chi connectivity index (χ1) is 5.22. The maximum absolute atomic E-state index is 8.42. The van der Waals surface area contributed by atoms with E-state index in [9.17, 15) is 0 Å². The summed E-state index contributed by atoms with van der Waals surface area (Å²) in [5.41, 5.74) is 1.94. The molecule has 0 radical (unpaired) electrons. The van der Waals surface area contributed by atoms with Crippen LogP contribution in [0.15, 0.2) is 16.7 Å². The number of nitrogens with zero attached hydrogens (tertiary/aromatic N) is 2. The highest BCUT2D eigenvalue weighted by Crippen LogP contribution is 2.10. The van der Waals surface area contributed by atoms with Gasteiger partial charge in [-0.25, -0.2) is 4.98 Å². The molecule has 0 N–H and O–H groups in total. The predicted octanol–water partition coefficient (Wildman–Crippen LogP) is 2.22. The second kappa shape index (κ2) is 3.49. The molecule has 0 amide bonds. The first kappa shape index (κ1) is 8.22. The minimum atomic E-state index is 0.446. The molecule has 0 unspecified atom stereocenters. The van der Waals surface area contributed by atoms with Crippen LogP contribution in [0.2, 0.25) is 0 Å². The predicted molar refractivity (Wildman–Crippen MR) is 46.0 cm³/mol. The molecular weight excluding hydrogens is 204 g/mol. The molecule has 0 saturated carbocycles. The molecule has 0 spiro atoms. The van der Waals surface area contributed by atoms with E-state index in [2.05, 4.69) is 27.0 Å². The molecular formula is C8H7BrN2. The van der Waals surface area contributed by atoms with Crippen molar-refractivity contribution < 1.29 is 0 Å². The summed E-state index contributed by atoms with van der Waals surface area (Å²) in [5.74, 6) is 0. The standard InChI is InChI=1S/C8H7BrN2/c1-6-4-7(2-3-10)5-8(9)11-6/h4-5H,2H2,1H3. The summed E-state index contributed by atoms with van der Waals surface area (Å²) >= 11 is 3.26. The van der Waals surface area contributed by atoms with Crippen LogP contribution in [0.1, 0.15) is 11.3 Å². The molecule has 3 heteroatoms. The SMILES string of the molecule is Cc1cc(CC#N)cc(Br)n1. The zero-order valence-electron chi connectivity index (χ0n) is 6.13. The maximum atomic E-state index is 8.42. The van der Waals surface area contributed by atoms with Gasteiger partial charge in [0.05, 0.1) is 12.5 Å². The van der Waals surface area contributed by atoms with E-state index in [1.165, 1.54) is 0 Å². The third kappa shape index (κ3) is 2.32. The van der Waals surface area contributed by atoms with E-state index in [0.717, 1.165) is 15.9 Å². The van der Waals surface area contributed by atoms with Gasteiger partial charge in [-0.2, -0.15) is 5.26 Å². The molecule has 0 fully saturated rings. The first-order valence-corrected chi connectivity index (χ1v) is 4.01. The Labute approximate surface area is 74.0 Å². The quantitative estimate of drug-likeness (QED) is 0.667. The number of aryl methyl sites for hydroxylation is 1. The molecule has 56 valence electrons. The van der Waals surface area contributed by atoms with Crippen LogP contribution in [-0.4, -0.2) is 4.98 Å². The van der Waals surface area contributed by atoms with Crippen molar-refractivity contribution in [2.45, 2.75) is 13.3 Å². The van der Waals surface area contributed by atoms with Gasteiger partial charge in [-0.3, -0.25) is 0 Å². The van der Waals surface area contributed by atoms with E-state index >= 15 is 0 Å². The minimum absolute atomic E-state index is 0.446. The molecule has 2 nitrogen and oxygen atoms in total. The largest absolute Gasteiger partial charge is 0.246 e. The lowest BCUT2D eigenvalue weighted by Crippen LogP contribution is -1.87. The smallest absolute Gasteiger partial charge is 0.106 e. The van der Waals surface area contributed by atoms with Gasteiger partial charge in [-0.15, -0.1) is 0 Å². The molecule has 1 rings (SSSR count). The Kier molecular flexibility index (Phi) is 2.61. The fourth-order valence-electron chi connectivity index (χ4n) is 0.889. The Bertz CT molecular complexity index is 281. The average molecular weight is 211 g/mol. The molecule has 1 aromatic heterocycles. The van der Waals surface area contributed by atoms with Crippen LogP contribution in [-0.2, 0) is 6.42 Å². The molecule has 0 aliphatic rings. The summed E-state index contributed by atoms with van der Waals surface area (Å²) in [7, 11) is 0. The number of halogens is 1. The molecule has 1 heterocycles. The molecule has 0 aliphatic heterocycles. The fourth-order valence-corrected chi connectivity index (χ4v) is 1.46. The Balaban J connectivity index is 3.01. The van der Waals surface area contributed by atoms with Crippen molar-refractivity contribution in [3.8, 4) is 6.07 Å². The van der Waals surface area contributed by atoms with Crippen molar-refractivity contribution in [2.24, 2.45) is 0 Å². The highest BCUT2D eigenvalue weighted by molar-refractivity contribution is 9.10. The normalized spacial score (nSPS) is 9.18. The van der Waals surface area contributed by atoms with Crippen molar-refractivity contribution in [2.75, 3.05) is 0 Å². The van der Waals surface area contributed by atoms with Crippen LogP contribution in [0.4, 0.5) is 0 Å². The van der Waals surface area contributed by atoms with Crippen LogP contribution in [0.5, 0.6) is 0 Å². The van der Waals surface area contributed by atoms with Gasteiger partial charge in [0.25, 0.3) is 0 Å². The summed E-state index contributed by atoms with van der Waals surface area (Å²) in [4.78, 5) is 4.12. The van der Waals surface area contributed by atoms with Crippen LogP contribution >= 0.6 is 15.9 Å². The van der Waals surface area contributed by atoms with Gasteiger partial charge in [0.2, 0.25) is 0 Å². The second-order valence-electron chi connectivity index (χ2n) is 2.27. The third-order valence-electron chi connectivity index (χ3n) is 1.27. The van der Waals surface area contributed by atoms with Crippen molar-refractivity contribution in [1.82, 2.24) is 4.98 Å². The van der Waals surface area contributed by atoms with Crippen molar-refractivity contribution in [3.63, 3.8) is 0 Å². The average Bonchev–Trinajstić information content (AvgIpc) is 1.85. The fraction of sp³-hybridized carbons (Fsp3) is 0.250. The Morgan fingerprint density at radius 2 is 2.36 bits per heavy atom. The van der Waals surface area contributed by atoms with E-state index < -0.39 is 0 Å². The highest BCUT2D eigenvalue weighted by Gasteiger charge is 1.95. The number of nitriles is 1. The van der Waals surface area contributed by atoms with Crippen LogP contribution < -0.4 is 0 Å². The first-order valence-electron chi connectivity index (χ1n) is 3.22. The van der Waals surface area contributed by atoms with Crippen molar-refractivity contribution >= 4 is 15.9 Å². The van der Waals surface area contributed by atoms with Gasteiger partial charge >= 0.3 is 0 Å². The van der Waals surface area contributed by atoms with E-state index in [1.54, 1.807) is 0 Å². The third-order valence-corrected chi connectivity index (χ3v) is 1.67. The summed E-state index contributed by atoms with van der Waals surface area (Å²) in [6, 6.07) is 5.86. The van der Waals surface area contributed by atoms with E-state index in [-0.39, 0.29) is 0 Å². The summed E-state index contributed by atoms with van der Waals surface area (Å²) in [6.07, 6.45) is 0.446. The van der Waals surface area contributed by atoms with Crippen LogP contribution in [0.3, 0.4) is 0 Å². The summed E-state index contributed by atoms with van der Waals surface area (Å²) < 4.78 is 0.794. The summed E-state index contributed by atoms with van der Waals surface area (Å²) in [5, 5.41) is 8.42. The topological polar surface area (TPSA) is 36.7 Å². The lowest BCUT2D eigenvalue weighted by atomic mass is 10.2. The zero-order chi connectivity index (χ0) is 8.27. The van der Waals surface area contributed by atoms with Gasteiger partial charge in [0.1, 0.15) is 4.60 Å². The highest BCUT2D eigenvalue weighted by atomic mass is 79.9. The van der Waals surface area contributed by atoms with Gasteiger partial charge < -0.3 is 0 Å². The van der Waals surface area contributed by atoms with E-state index in [0.29, 0.717) is 6.42 Å². The van der Waals surface area contributed by atoms with Crippen molar-refractivity contribution in [3.05, 3.63) is 28.0 Å². The molecule has 0 saturated heterocycles. The van der Waals surface area contributed by atoms with Gasteiger partial charge in [0.15, 0.2) is 0 Å². The second-order valence-corrected chi connectivity index (χ2v) is 3.09. The van der Waals surface area contributed by atoms with Crippen molar-refractivity contribution in [1.29, 1.82) is 5.26 Å². The molecule has 0 aromatic carbocycles. The van der Waals surface area contributed by atoms with Gasteiger partial charge in [0, 0.05) is 5.69 Å². The van der Waals surface area contributed by atoms with E-state index in [1.807, 2.05) is 19.1 Å². The number of hydrogen-bond acceptors (Lipinski definition) is 2. The monoisotopic (exact) mass is 210 g/mol. The number of aromatic nitrogens is 1. The maximum Gasteiger partial charge on any atom is 0.106 e. The Morgan fingerprint density at radius 3 is 2.91 bits per heavy atom. The van der Waals surface area contributed by atoms with E-state index in [4.69, 9.17) is 5.26 Å². The molecule has 0 atom stereocenters. The molecule has 1 aromatic rings. The zero-order valence-corrected chi connectivity index (χ0v) is 7.72. The lowest BCUT2D eigenvalue weighted by Gasteiger charge is -1.97. The molecule has 0 aliphatic carbocycles. The Morgan fingerprint density at radius 1 is 1.64 bits per heavy atom. The number of pyridine rings is 1. The van der Waals surface area contributed by atoms with Gasteiger partial charge in [-0.05, 0) is 40.5 Å². The van der Waals surface area contributed by atoms with Gasteiger partial charge in [-0.1, -0.05) is 0 Å². The minimum Gasteiger partial charge on any atom is -0.246 e. The van der Waals surface area contributed by atoms with Crippen LogP contribution in [0.25, 0.3) is 0 Å². The number of rotatable bonds is 1. The molecule has 11 heavy (non-hydrogen) atoms. The van der Waals surface area contributed by atoms with Crippen LogP contribution in [0, 0.1) is 18.3 Å². The Hall–Kier alpha value is -0.880. The lowest BCUT2D eigenvalue weighted by molar-refractivity contribution is 1.12.